The predicted octanol–water partition coefficient (Wildman–Crippen LogP) is 3.95. The van der Waals surface area contributed by atoms with Crippen molar-refractivity contribution in [2.24, 2.45) is 0 Å². The van der Waals surface area contributed by atoms with Crippen LogP contribution in [0.3, 0.4) is 0 Å². The van der Waals surface area contributed by atoms with Gasteiger partial charge in [0.15, 0.2) is 0 Å². The van der Waals surface area contributed by atoms with E-state index in [1.54, 1.807) is 17.4 Å². The molecule has 0 atom stereocenters. The standard InChI is InChI=1S/C9H6ClIOS/c10-4-7-8(11)5-2-1-3-6(12)9(5)13-7/h1-3,12H,4H2. The van der Waals surface area contributed by atoms with Gasteiger partial charge >= 0.3 is 0 Å². The van der Waals surface area contributed by atoms with Gasteiger partial charge in [0.05, 0.1) is 10.6 Å². The van der Waals surface area contributed by atoms with Crippen LogP contribution in [-0.2, 0) is 5.88 Å². The molecule has 1 nitrogen and oxygen atoms in total. The van der Waals surface area contributed by atoms with E-state index in [9.17, 15) is 5.11 Å². The smallest absolute Gasteiger partial charge is 0.133 e. The quantitative estimate of drug-likeness (QED) is 0.622. The fourth-order valence-electron chi connectivity index (χ4n) is 1.21. The highest BCUT2D eigenvalue weighted by molar-refractivity contribution is 14.1. The highest BCUT2D eigenvalue weighted by Crippen LogP contribution is 2.38. The molecule has 0 radical (unpaired) electrons. The number of hydrogen-bond donors (Lipinski definition) is 1. The normalized spacial score (nSPS) is 10.9. The number of aromatic hydroxyl groups is 1. The van der Waals surface area contributed by atoms with Crippen molar-refractivity contribution in [1.82, 2.24) is 0 Å². The molecule has 0 aliphatic heterocycles. The summed E-state index contributed by atoms with van der Waals surface area (Å²) in [4.78, 5) is 1.12. The van der Waals surface area contributed by atoms with E-state index >= 15 is 0 Å². The summed E-state index contributed by atoms with van der Waals surface area (Å²) in [6, 6.07) is 5.56. The van der Waals surface area contributed by atoms with Crippen molar-refractivity contribution in [1.29, 1.82) is 0 Å². The third-order valence-corrected chi connectivity index (χ3v) is 5.07. The Kier molecular flexibility index (Phi) is 2.67. The number of benzene rings is 1. The van der Waals surface area contributed by atoms with E-state index < -0.39 is 0 Å². The van der Waals surface area contributed by atoms with E-state index in [-0.39, 0.29) is 0 Å². The molecule has 0 aliphatic rings. The van der Waals surface area contributed by atoms with Gasteiger partial charge in [-0.15, -0.1) is 22.9 Å². The fourth-order valence-corrected chi connectivity index (χ4v) is 3.84. The Labute approximate surface area is 98.5 Å². The van der Waals surface area contributed by atoms with E-state index in [2.05, 4.69) is 22.6 Å². The van der Waals surface area contributed by atoms with Crippen LogP contribution in [0.25, 0.3) is 10.1 Å². The molecule has 0 spiro atoms. The molecule has 0 fully saturated rings. The van der Waals surface area contributed by atoms with E-state index in [1.807, 2.05) is 12.1 Å². The number of halogens is 2. The maximum Gasteiger partial charge on any atom is 0.133 e. The highest BCUT2D eigenvalue weighted by atomic mass is 127. The van der Waals surface area contributed by atoms with Gasteiger partial charge in [0, 0.05) is 13.8 Å². The van der Waals surface area contributed by atoms with Crippen LogP contribution >= 0.6 is 45.5 Å². The Hall–Kier alpha value is -0.000000000000000139. The minimum Gasteiger partial charge on any atom is -0.506 e. The van der Waals surface area contributed by atoms with Crippen molar-refractivity contribution in [2.75, 3.05) is 0 Å². The van der Waals surface area contributed by atoms with Crippen molar-refractivity contribution in [3.8, 4) is 5.75 Å². The van der Waals surface area contributed by atoms with Crippen LogP contribution in [0.1, 0.15) is 4.88 Å². The zero-order chi connectivity index (χ0) is 9.42. The van der Waals surface area contributed by atoms with Gasteiger partial charge in [0.1, 0.15) is 5.75 Å². The minimum absolute atomic E-state index is 0.344. The Morgan fingerprint density at radius 2 is 2.23 bits per heavy atom. The van der Waals surface area contributed by atoms with Gasteiger partial charge in [0.25, 0.3) is 0 Å². The Morgan fingerprint density at radius 3 is 2.85 bits per heavy atom. The van der Waals surface area contributed by atoms with Gasteiger partial charge in [0.2, 0.25) is 0 Å². The lowest BCUT2D eigenvalue weighted by Gasteiger charge is -1.92. The lowest BCUT2D eigenvalue weighted by molar-refractivity contribution is 0.482. The van der Waals surface area contributed by atoms with Crippen LogP contribution in [0.15, 0.2) is 18.2 Å². The Bertz CT molecular complexity index is 452. The minimum atomic E-state index is 0.344. The van der Waals surface area contributed by atoms with Crippen molar-refractivity contribution >= 4 is 55.6 Å². The van der Waals surface area contributed by atoms with Gasteiger partial charge in [-0.25, -0.2) is 0 Å². The molecule has 2 rings (SSSR count). The van der Waals surface area contributed by atoms with Gasteiger partial charge in [-0.1, -0.05) is 12.1 Å². The van der Waals surface area contributed by atoms with Crippen molar-refractivity contribution in [2.45, 2.75) is 5.88 Å². The second-order valence-electron chi connectivity index (χ2n) is 2.63. The predicted molar refractivity (Wildman–Crippen MR) is 65.8 cm³/mol. The summed E-state index contributed by atoms with van der Waals surface area (Å²) in [7, 11) is 0. The fraction of sp³-hybridized carbons (Fsp3) is 0.111. The van der Waals surface area contributed by atoms with Gasteiger partial charge in [-0.2, -0.15) is 0 Å². The van der Waals surface area contributed by atoms with Crippen LogP contribution < -0.4 is 0 Å². The Balaban J connectivity index is 2.83. The van der Waals surface area contributed by atoms with E-state index in [4.69, 9.17) is 11.6 Å². The molecule has 0 saturated heterocycles. The molecule has 0 unspecified atom stereocenters. The third kappa shape index (κ3) is 1.53. The molecule has 13 heavy (non-hydrogen) atoms. The molecule has 4 heteroatoms. The molecule has 0 saturated carbocycles. The molecule has 2 aromatic rings. The van der Waals surface area contributed by atoms with Crippen molar-refractivity contribution in [3.63, 3.8) is 0 Å². The summed E-state index contributed by atoms with van der Waals surface area (Å²) >= 11 is 9.61. The second kappa shape index (κ2) is 3.63. The second-order valence-corrected chi connectivity index (χ2v) is 5.08. The first-order valence-electron chi connectivity index (χ1n) is 3.69. The van der Waals surface area contributed by atoms with E-state index in [1.165, 1.54) is 0 Å². The molecular formula is C9H6ClIOS. The lowest BCUT2D eigenvalue weighted by Crippen LogP contribution is -1.72. The first-order chi connectivity index (χ1) is 6.24. The number of phenolic OH excluding ortho intramolecular Hbond substituents is 1. The first-order valence-corrected chi connectivity index (χ1v) is 6.12. The van der Waals surface area contributed by atoms with Crippen LogP contribution in [0.5, 0.6) is 5.75 Å². The monoisotopic (exact) mass is 324 g/mol. The number of thiophene rings is 1. The molecule has 68 valence electrons. The maximum absolute atomic E-state index is 9.57. The molecule has 0 aliphatic carbocycles. The van der Waals surface area contributed by atoms with Crippen LogP contribution in [0, 0.1) is 3.57 Å². The average Bonchev–Trinajstić information content (AvgIpc) is 2.45. The van der Waals surface area contributed by atoms with Gasteiger partial charge < -0.3 is 5.11 Å². The molecule has 1 N–H and O–H groups in total. The summed E-state index contributed by atoms with van der Waals surface area (Å²) in [5.41, 5.74) is 0. The SMILES string of the molecule is Oc1cccc2c(I)c(CCl)sc12. The number of fused-ring (bicyclic) bond motifs is 1. The average molecular weight is 325 g/mol. The molecular weight excluding hydrogens is 319 g/mol. The first kappa shape index (κ1) is 9.55. The van der Waals surface area contributed by atoms with Crippen LogP contribution in [-0.4, -0.2) is 5.11 Å². The van der Waals surface area contributed by atoms with Crippen molar-refractivity contribution in [3.05, 3.63) is 26.6 Å². The summed E-state index contributed by atoms with van der Waals surface area (Å²) in [6.45, 7) is 0. The maximum atomic E-state index is 9.57. The van der Waals surface area contributed by atoms with Gasteiger partial charge in [-0.05, 0) is 28.7 Å². The molecule has 1 aromatic heterocycles. The van der Waals surface area contributed by atoms with E-state index in [0.29, 0.717) is 11.6 Å². The summed E-state index contributed by atoms with van der Waals surface area (Å²) < 4.78 is 2.09. The van der Waals surface area contributed by atoms with Crippen LogP contribution in [0.4, 0.5) is 0 Å². The molecule has 1 aromatic carbocycles. The summed E-state index contributed by atoms with van der Waals surface area (Å²) in [6.07, 6.45) is 0. The van der Waals surface area contributed by atoms with Crippen molar-refractivity contribution < 1.29 is 5.11 Å². The number of rotatable bonds is 1. The number of phenols is 1. The third-order valence-electron chi connectivity index (χ3n) is 1.82. The zero-order valence-corrected chi connectivity index (χ0v) is 10.3. The zero-order valence-electron chi connectivity index (χ0n) is 6.55. The largest absolute Gasteiger partial charge is 0.506 e. The van der Waals surface area contributed by atoms with Gasteiger partial charge in [-0.3, -0.25) is 0 Å². The van der Waals surface area contributed by atoms with Crippen LogP contribution in [0.2, 0.25) is 0 Å². The summed E-state index contributed by atoms with van der Waals surface area (Å²) in [5.74, 6) is 0.855. The Morgan fingerprint density at radius 1 is 1.46 bits per heavy atom. The lowest BCUT2D eigenvalue weighted by atomic mass is 10.2. The molecule has 0 bridgehead atoms. The summed E-state index contributed by atoms with van der Waals surface area (Å²) in [5, 5.41) is 10.7. The highest BCUT2D eigenvalue weighted by Gasteiger charge is 2.10. The number of alkyl halides is 1. The number of hydrogen-bond acceptors (Lipinski definition) is 2. The van der Waals surface area contributed by atoms with E-state index in [0.717, 1.165) is 18.5 Å². The molecule has 1 heterocycles. The topological polar surface area (TPSA) is 20.2 Å². The molecule has 0 amide bonds.